The minimum Gasteiger partial charge on any atom is -0.394 e. The van der Waals surface area contributed by atoms with E-state index in [2.05, 4.69) is 21.2 Å². The molecule has 1 aliphatic carbocycles. The van der Waals surface area contributed by atoms with Crippen LogP contribution in [0.15, 0.2) is 28.7 Å². The van der Waals surface area contributed by atoms with Crippen LogP contribution < -0.4 is 5.32 Å². The zero-order valence-corrected chi connectivity index (χ0v) is 8.84. The molecule has 0 bridgehead atoms. The summed E-state index contributed by atoms with van der Waals surface area (Å²) in [7, 11) is 0. The molecule has 2 nitrogen and oxygen atoms in total. The van der Waals surface area contributed by atoms with Gasteiger partial charge in [0.15, 0.2) is 0 Å². The highest BCUT2D eigenvalue weighted by molar-refractivity contribution is 9.10. The molecule has 13 heavy (non-hydrogen) atoms. The lowest BCUT2D eigenvalue weighted by Gasteiger charge is -2.15. The Morgan fingerprint density at radius 1 is 1.31 bits per heavy atom. The van der Waals surface area contributed by atoms with Gasteiger partial charge < -0.3 is 10.4 Å². The number of nitrogens with one attached hydrogen (secondary N) is 1. The minimum atomic E-state index is -0.0200. The van der Waals surface area contributed by atoms with Crippen molar-refractivity contribution in [3.8, 4) is 0 Å². The Morgan fingerprint density at radius 2 is 1.92 bits per heavy atom. The lowest BCUT2D eigenvalue weighted by Crippen LogP contribution is -2.25. The molecule has 2 rings (SSSR count). The molecule has 0 radical (unpaired) electrons. The van der Waals surface area contributed by atoms with E-state index in [1.807, 2.05) is 24.3 Å². The van der Waals surface area contributed by atoms with E-state index in [4.69, 9.17) is 5.11 Å². The number of hydrogen-bond acceptors (Lipinski definition) is 2. The summed E-state index contributed by atoms with van der Waals surface area (Å²) in [5.74, 6) is 0. The normalized spacial score (nSPS) is 18.3. The van der Waals surface area contributed by atoms with Crippen molar-refractivity contribution < 1.29 is 5.11 Å². The SMILES string of the molecule is OCC1(Nc2ccc(Br)cc2)CC1. The van der Waals surface area contributed by atoms with E-state index in [-0.39, 0.29) is 12.1 Å². The monoisotopic (exact) mass is 241 g/mol. The highest BCUT2D eigenvalue weighted by Gasteiger charge is 2.41. The van der Waals surface area contributed by atoms with Crippen LogP contribution >= 0.6 is 15.9 Å². The van der Waals surface area contributed by atoms with Crippen molar-refractivity contribution >= 4 is 21.6 Å². The number of benzene rings is 1. The van der Waals surface area contributed by atoms with Gasteiger partial charge in [-0.05, 0) is 37.1 Å². The van der Waals surface area contributed by atoms with E-state index in [1.165, 1.54) is 0 Å². The van der Waals surface area contributed by atoms with Gasteiger partial charge in [-0.25, -0.2) is 0 Å². The predicted molar refractivity (Wildman–Crippen MR) is 56.8 cm³/mol. The number of aliphatic hydroxyl groups excluding tert-OH is 1. The Kier molecular flexibility index (Phi) is 2.30. The second kappa shape index (κ2) is 3.31. The van der Waals surface area contributed by atoms with E-state index in [1.54, 1.807) is 0 Å². The molecule has 0 heterocycles. The fourth-order valence-electron chi connectivity index (χ4n) is 1.31. The van der Waals surface area contributed by atoms with E-state index in [0.717, 1.165) is 23.0 Å². The van der Waals surface area contributed by atoms with Crippen LogP contribution in [0.25, 0.3) is 0 Å². The van der Waals surface area contributed by atoms with Crippen LogP contribution in [-0.4, -0.2) is 17.3 Å². The second-order valence-electron chi connectivity index (χ2n) is 3.57. The Bertz CT molecular complexity index is 292. The molecule has 0 aliphatic heterocycles. The third-order valence-electron chi connectivity index (χ3n) is 2.41. The Labute approximate surface area is 86.1 Å². The first-order chi connectivity index (χ1) is 6.24. The highest BCUT2D eigenvalue weighted by Crippen LogP contribution is 2.38. The first kappa shape index (κ1) is 9.03. The van der Waals surface area contributed by atoms with Crippen LogP contribution in [0.4, 0.5) is 5.69 Å². The largest absolute Gasteiger partial charge is 0.394 e. The summed E-state index contributed by atoms with van der Waals surface area (Å²) in [4.78, 5) is 0. The maximum absolute atomic E-state index is 9.10. The molecule has 0 aromatic heterocycles. The first-order valence-electron chi connectivity index (χ1n) is 4.39. The van der Waals surface area contributed by atoms with Gasteiger partial charge in [0.25, 0.3) is 0 Å². The van der Waals surface area contributed by atoms with Crippen LogP contribution in [0.5, 0.6) is 0 Å². The van der Waals surface area contributed by atoms with Crippen LogP contribution in [0.2, 0.25) is 0 Å². The molecule has 3 heteroatoms. The molecule has 0 atom stereocenters. The van der Waals surface area contributed by atoms with Crippen molar-refractivity contribution in [2.45, 2.75) is 18.4 Å². The zero-order valence-electron chi connectivity index (χ0n) is 7.26. The Balaban J connectivity index is 2.06. The molecule has 1 saturated carbocycles. The molecule has 0 saturated heterocycles. The van der Waals surface area contributed by atoms with Crippen molar-refractivity contribution in [1.29, 1.82) is 0 Å². The van der Waals surface area contributed by atoms with Crippen LogP contribution in [0, 0.1) is 0 Å². The van der Waals surface area contributed by atoms with Crippen LogP contribution in [-0.2, 0) is 0 Å². The first-order valence-corrected chi connectivity index (χ1v) is 5.18. The van der Waals surface area contributed by atoms with Gasteiger partial charge in [-0.2, -0.15) is 0 Å². The molecule has 0 unspecified atom stereocenters. The van der Waals surface area contributed by atoms with Gasteiger partial charge in [0.05, 0.1) is 12.1 Å². The van der Waals surface area contributed by atoms with Crippen molar-refractivity contribution in [1.82, 2.24) is 0 Å². The lowest BCUT2D eigenvalue weighted by atomic mass is 10.2. The van der Waals surface area contributed by atoms with Gasteiger partial charge in [-0.1, -0.05) is 15.9 Å². The summed E-state index contributed by atoms with van der Waals surface area (Å²) >= 11 is 3.38. The topological polar surface area (TPSA) is 32.3 Å². The lowest BCUT2D eigenvalue weighted by molar-refractivity contribution is 0.266. The van der Waals surface area contributed by atoms with Crippen molar-refractivity contribution in [3.63, 3.8) is 0 Å². The van der Waals surface area contributed by atoms with Gasteiger partial charge in [-0.15, -0.1) is 0 Å². The number of anilines is 1. The quantitative estimate of drug-likeness (QED) is 0.852. The van der Waals surface area contributed by atoms with Crippen LogP contribution in [0.3, 0.4) is 0 Å². The maximum Gasteiger partial charge on any atom is 0.0661 e. The van der Waals surface area contributed by atoms with Gasteiger partial charge in [0.1, 0.15) is 0 Å². The van der Waals surface area contributed by atoms with Crippen molar-refractivity contribution in [2.75, 3.05) is 11.9 Å². The van der Waals surface area contributed by atoms with E-state index < -0.39 is 0 Å². The summed E-state index contributed by atoms with van der Waals surface area (Å²) in [5, 5.41) is 12.4. The fraction of sp³-hybridized carbons (Fsp3) is 0.400. The smallest absolute Gasteiger partial charge is 0.0661 e. The summed E-state index contributed by atoms with van der Waals surface area (Å²) in [6.45, 7) is 0.225. The predicted octanol–water partition coefficient (Wildman–Crippen LogP) is 2.39. The van der Waals surface area contributed by atoms with E-state index >= 15 is 0 Å². The molecule has 0 amide bonds. The molecule has 2 N–H and O–H groups in total. The minimum absolute atomic E-state index is 0.0200. The van der Waals surface area contributed by atoms with Gasteiger partial charge in [0, 0.05) is 10.2 Å². The average molecular weight is 242 g/mol. The summed E-state index contributed by atoms with van der Waals surface area (Å²) < 4.78 is 1.08. The third-order valence-corrected chi connectivity index (χ3v) is 2.94. The standard InChI is InChI=1S/C10H12BrNO/c11-8-1-3-9(4-2-8)12-10(7-13)5-6-10/h1-4,12-13H,5-7H2. The third kappa shape index (κ3) is 2.03. The molecule has 1 fully saturated rings. The van der Waals surface area contributed by atoms with Gasteiger partial charge in [-0.3, -0.25) is 0 Å². The highest BCUT2D eigenvalue weighted by atomic mass is 79.9. The van der Waals surface area contributed by atoms with Crippen LogP contribution in [0.1, 0.15) is 12.8 Å². The summed E-state index contributed by atoms with van der Waals surface area (Å²) in [5.41, 5.74) is 1.06. The van der Waals surface area contributed by atoms with E-state index in [9.17, 15) is 0 Å². The molecule has 1 aromatic carbocycles. The average Bonchev–Trinajstić information content (AvgIpc) is 2.90. The fourth-order valence-corrected chi connectivity index (χ4v) is 1.58. The number of rotatable bonds is 3. The van der Waals surface area contributed by atoms with E-state index in [0.29, 0.717) is 0 Å². The van der Waals surface area contributed by atoms with Gasteiger partial charge in [0.2, 0.25) is 0 Å². The molecular weight excluding hydrogens is 230 g/mol. The Morgan fingerprint density at radius 3 is 2.38 bits per heavy atom. The summed E-state index contributed by atoms with van der Waals surface area (Å²) in [6.07, 6.45) is 2.14. The number of aliphatic hydroxyl groups is 1. The zero-order chi connectivity index (χ0) is 9.31. The molecular formula is C10H12BrNO. The maximum atomic E-state index is 9.10. The summed E-state index contributed by atoms with van der Waals surface area (Å²) in [6, 6.07) is 8.02. The van der Waals surface area contributed by atoms with Gasteiger partial charge >= 0.3 is 0 Å². The number of hydrogen-bond donors (Lipinski definition) is 2. The Hall–Kier alpha value is -0.540. The molecule has 1 aromatic rings. The molecule has 70 valence electrons. The molecule has 1 aliphatic rings. The van der Waals surface area contributed by atoms with Crippen molar-refractivity contribution in [3.05, 3.63) is 28.7 Å². The second-order valence-corrected chi connectivity index (χ2v) is 4.49. The number of halogens is 1. The van der Waals surface area contributed by atoms with Crippen molar-refractivity contribution in [2.24, 2.45) is 0 Å². The molecule has 0 spiro atoms.